The van der Waals surface area contributed by atoms with E-state index >= 15 is 0 Å². The number of benzene rings is 3. The molecule has 2 saturated heterocycles. The highest BCUT2D eigenvalue weighted by molar-refractivity contribution is 9.10. The summed E-state index contributed by atoms with van der Waals surface area (Å²) in [4.78, 5) is 18.2. The van der Waals surface area contributed by atoms with Crippen LogP contribution in [0.5, 0.6) is 0 Å². The van der Waals surface area contributed by atoms with Gasteiger partial charge < -0.3 is 4.90 Å². The van der Waals surface area contributed by atoms with Crippen LogP contribution in [0.1, 0.15) is 48.2 Å². The third-order valence-electron chi connectivity index (χ3n) is 8.15. The number of sulfonamides is 1. The Kier molecular flexibility index (Phi) is 8.35. The molecule has 0 aromatic heterocycles. The van der Waals surface area contributed by atoms with E-state index in [-0.39, 0.29) is 32.8 Å². The Bertz CT molecular complexity index is 1510. The Hall–Kier alpha value is -2.39. The zero-order valence-electron chi connectivity index (χ0n) is 23.0. The van der Waals surface area contributed by atoms with Gasteiger partial charge in [0.1, 0.15) is 0 Å². The minimum absolute atomic E-state index is 0.000732. The van der Waals surface area contributed by atoms with Crippen molar-refractivity contribution in [1.82, 2.24) is 9.80 Å². The number of nitrogens with zero attached hydrogens (tertiary/aromatic N) is 2. The largest absolute Gasteiger partial charge is 0.334 e. The number of aryl methyl sites for hydroxylation is 1. The number of hydrogen-bond donors (Lipinski definition) is 1. The summed E-state index contributed by atoms with van der Waals surface area (Å²) in [5.74, 6) is 0.167. The van der Waals surface area contributed by atoms with Crippen molar-refractivity contribution in [1.29, 1.82) is 0 Å². The van der Waals surface area contributed by atoms with E-state index in [2.05, 4.69) is 63.7 Å². The molecule has 0 aliphatic carbocycles. The van der Waals surface area contributed by atoms with Gasteiger partial charge in [-0.25, -0.2) is 8.42 Å². The Labute approximate surface area is 250 Å². The maximum atomic E-state index is 13.8. The van der Waals surface area contributed by atoms with Crippen molar-refractivity contribution in [3.63, 3.8) is 0 Å². The molecule has 40 heavy (non-hydrogen) atoms. The van der Waals surface area contributed by atoms with Gasteiger partial charge in [-0.15, -0.1) is 0 Å². The molecule has 2 heterocycles. The zero-order chi connectivity index (χ0) is 28.7. The van der Waals surface area contributed by atoms with E-state index in [0.29, 0.717) is 22.6 Å². The van der Waals surface area contributed by atoms with Crippen molar-refractivity contribution >= 4 is 49.1 Å². The summed E-state index contributed by atoms with van der Waals surface area (Å²) in [5, 5.41) is 0.252. The molecular weight excluding hydrogens is 610 g/mol. The SMILES string of the molecule is Cc1ccc(Br)c(NS(=O)(=O)c2ccc(Cl)c(C(=O)N3CC(C)(C)C3C3CCN(Cc4ccccc4)CC3)c2)c1. The molecule has 0 saturated carbocycles. The first-order valence-electron chi connectivity index (χ1n) is 13.6. The van der Waals surface area contributed by atoms with Crippen molar-refractivity contribution < 1.29 is 13.2 Å². The first-order valence-corrected chi connectivity index (χ1v) is 16.3. The Morgan fingerprint density at radius 1 is 1.05 bits per heavy atom. The van der Waals surface area contributed by atoms with Gasteiger partial charge in [0.15, 0.2) is 0 Å². The highest BCUT2D eigenvalue weighted by Gasteiger charge is 2.52. The van der Waals surface area contributed by atoms with Gasteiger partial charge in [0.05, 0.1) is 21.2 Å². The second-order valence-corrected chi connectivity index (χ2v) is 14.6. The summed E-state index contributed by atoms with van der Waals surface area (Å²) < 4.78 is 29.8. The third-order valence-corrected chi connectivity index (χ3v) is 10.5. The van der Waals surface area contributed by atoms with Crippen LogP contribution in [0.25, 0.3) is 0 Å². The van der Waals surface area contributed by atoms with E-state index in [4.69, 9.17) is 11.6 Å². The molecule has 9 heteroatoms. The lowest BCUT2D eigenvalue weighted by atomic mass is 9.66. The molecule has 6 nitrogen and oxygen atoms in total. The highest BCUT2D eigenvalue weighted by Crippen LogP contribution is 2.45. The average molecular weight is 645 g/mol. The van der Waals surface area contributed by atoms with Gasteiger partial charge in [0.2, 0.25) is 0 Å². The molecule has 2 fully saturated rings. The van der Waals surface area contributed by atoms with Crippen molar-refractivity contribution in [2.45, 2.75) is 51.1 Å². The number of halogens is 2. The number of carbonyl (C=O) groups is 1. The normalized spacial score (nSPS) is 19.7. The monoisotopic (exact) mass is 643 g/mol. The van der Waals surface area contributed by atoms with Crippen LogP contribution in [0, 0.1) is 18.3 Å². The summed E-state index contributed by atoms with van der Waals surface area (Å²) in [7, 11) is -3.94. The molecule has 2 aliphatic heterocycles. The predicted molar refractivity (Wildman–Crippen MR) is 164 cm³/mol. The van der Waals surface area contributed by atoms with Gasteiger partial charge in [-0.1, -0.05) is 61.8 Å². The number of likely N-dealkylation sites (tertiary alicyclic amines) is 2. The lowest BCUT2D eigenvalue weighted by Crippen LogP contribution is -2.67. The number of amides is 1. The highest BCUT2D eigenvalue weighted by atomic mass is 79.9. The average Bonchev–Trinajstić information content (AvgIpc) is 2.91. The Balaban J connectivity index is 1.31. The van der Waals surface area contributed by atoms with Crippen LogP contribution in [0.4, 0.5) is 5.69 Å². The number of carbonyl (C=O) groups excluding carboxylic acids is 1. The summed E-state index contributed by atoms with van der Waals surface area (Å²) in [6, 6.07) is 20.4. The quantitative estimate of drug-likeness (QED) is 0.302. The van der Waals surface area contributed by atoms with E-state index in [1.54, 1.807) is 12.1 Å². The maximum Gasteiger partial charge on any atom is 0.261 e. The number of rotatable bonds is 7. The second-order valence-electron chi connectivity index (χ2n) is 11.7. The zero-order valence-corrected chi connectivity index (χ0v) is 26.2. The van der Waals surface area contributed by atoms with Gasteiger partial charge in [-0.05, 0) is 96.2 Å². The summed E-state index contributed by atoms with van der Waals surface area (Å²) in [5.41, 5.74) is 2.87. The van der Waals surface area contributed by atoms with Crippen molar-refractivity contribution in [3.8, 4) is 0 Å². The molecule has 3 aromatic carbocycles. The fourth-order valence-corrected chi connectivity index (χ4v) is 7.98. The fraction of sp³-hybridized carbons (Fsp3) is 0.387. The lowest BCUT2D eigenvalue weighted by molar-refractivity contribution is -0.0714. The van der Waals surface area contributed by atoms with Crippen molar-refractivity contribution in [2.75, 3.05) is 24.4 Å². The van der Waals surface area contributed by atoms with E-state index in [1.807, 2.05) is 24.0 Å². The van der Waals surface area contributed by atoms with Gasteiger partial charge in [0, 0.05) is 29.0 Å². The smallest absolute Gasteiger partial charge is 0.261 e. The molecule has 1 amide bonds. The molecule has 2 aliphatic rings. The van der Waals surface area contributed by atoms with Gasteiger partial charge >= 0.3 is 0 Å². The molecule has 0 bridgehead atoms. The van der Waals surface area contributed by atoms with Crippen LogP contribution >= 0.6 is 27.5 Å². The van der Waals surface area contributed by atoms with Crippen LogP contribution < -0.4 is 4.72 Å². The number of hydrogen-bond acceptors (Lipinski definition) is 4. The topological polar surface area (TPSA) is 69.7 Å². The van der Waals surface area contributed by atoms with Crippen LogP contribution in [0.2, 0.25) is 5.02 Å². The van der Waals surface area contributed by atoms with E-state index < -0.39 is 10.0 Å². The molecule has 212 valence electrons. The van der Waals surface area contributed by atoms with E-state index in [0.717, 1.165) is 38.0 Å². The minimum atomic E-state index is -3.94. The number of piperidine rings is 1. The lowest BCUT2D eigenvalue weighted by Gasteiger charge is -2.58. The summed E-state index contributed by atoms with van der Waals surface area (Å²) in [6.45, 7) is 9.84. The number of nitrogens with one attached hydrogen (secondary N) is 1. The predicted octanol–water partition coefficient (Wildman–Crippen LogP) is 6.97. The molecular formula is C31H35BrClN3O3S. The summed E-state index contributed by atoms with van der Waals surface area (Å²) in [6.07, 6.45) is 2.03. The van der Waals surface area contributed by atoms with Crippen molar-refractivity contribution in [3.05, 3.63) is 92.9 Å². The van der Waals surface area contributed by atoms with Gasteiger partial charge in [-0.3, -0.25) is 14.4 Å². The number of anilines is 1. The molecule has 1 atom stereocenters. The molecule has 0 radical (unpaired) electrons. The molecule has 1 unspecified atom stereocenters. The van der Waals surface area contributed by atoms with Crippen LogP contribution in [-0.2, 0) is 16.6 Å². The third kappa shape index (κ3) is 6.10. The fourth-order valence-electron chi connectivity index (χ4n) is 6.21. The Morgan fingerprint density at radius 2 is 1.75 bits per heavy atom. The first kappa shape index (κ1) is 29.1. The van der Waals surface area contributed by atoms with Crippen molar-refractivity contribution in [2.24, 2.45) is 11.3 Å². The van der Waals surface area contributed by atoms with Crippen LogP contribution in [0.15, 0.2) is 76.1 Å². The molecule has 3 aromatic rings. The molecule has 0 spiro atoms. The molecule has 1 N–H and O–H groups in total. The molecule has 5 rings (SSSR count). The van der Waals surface area contributed by atoms with E-state index in [1.165, 1.54) is 23.8 Å². The second kappa shape index (κ2) is 11.5. The Morgan fingerprint density at radius 3 is 2.42 bits per heavy atom. The maximum absolute atomic E-state index is 13.8. The minimum Gasteiger partial charge on any atom is -0.334 e. The first-order chi connectivity index (χ1) is 18.9. The van der Waals surface area contributed by atoms with Gasteiger partial charge in [0.25, 0.3) is 15.9 Å². The summed E-state index contributed by atoms with van der Waals surface area (Å²) >= 11 is 9.90. The van der Waals surface area contributed by atoms with Crippen LogP contribution in [-0.4, -0.2) is 49.8 Å². The van der Waals surface area contributed by atoms with Gasteiger partial charge in [-0.2, -0.15) is 0 Å². The standard InChI is InChI=1S/C31H35BrClN3O3S/c1-21-9-11-26(32)28(17-21)34-40(38,39)24-10-12-27(33)25(18-24)30(37)36-20-31(2,3)29(36)23-13-15-35(16-14-23)19-22-7-5-4-6-8-22/h4-12,17-18,23,29,34H,13-16,19-20H2,1-3H3. The van der Waals surface area contributed by atoms with Crippen LogP contribution in [0.3, 0.4) is 0 Å². The van der Waals surface area contributed by atoms with E-state index in [9.17, 15) is 13.2 Å².